The van der Waals surface area contributed by atoms with Crippen molar-refractivity contribution >= 4 is 16.4 Å². The van der Waals surface area contributed by atoms with Gasteiger partial charge in [-0.2, -0.15) is 12.7 Å². The molecule has 1 heterocycles. The first-order valence-electron chi connectivity index (χ1n) is 5.54. The summed E-state index contributed by atoms with van der Waals surface area (Å²) in [4.78, 5) is 10.9. The molecule has 1 saturated heterocycles. The number of hydrogen-bond donors (Lipinski definition) is 1. The fourth-order valence-corrected chi connectivity index (χ4v) is 2.85. The lowest BCUT2D eigenvalue weighted by Gasteiger charge is -2.17. The van der Waals surface area contributed by atoms with Gasteiger partial charge in [0.1, 0.15) is 6.04 Å². The zero-order valence-corrected chi connectivity index (χ0v) is 10.7. The first-order valence-corrected chi connectivity index (χ1v) is 6.90. The molecule has 0 aliphatic carbocycles. The van der Waals surface area contributed by atoms with Crippen LogP contribution < -0.4 is 0 Å². The molecule has 1 aliphatic heterocycles. The van der Waals surface area contributed by atoms with E-state index in [4.69, 9.17) is 9.84 Å². The number of ether oxygens (including phenoxy) is 1. The standard InChI is InChI=1S/C11H13NO6S/c13-11(14)12-10(8-18-19(12,15)16)7-17-6-9-4-2-1-3-5-9/h1-5,10H,6-8H2,(H,13,14)/t10-/m0/s1. The van der Waals surface area contributed by atoms with Crippen molar-refractivity contribution in [3.05, 3.63) is 35.9 Å². The fourth-order valence-electron chi connectivity index (χ4n) is 1.73. The van der Waals surface area contributed by atoms with E-state index in [0.29, 0.717) is 0 Å². The molecule has 8 heteroatoms. The van der Waals surface area contributed by atoms with Gasteiger partial charge in [0.2, 0.25) is 0 Å². The summed E-state index contributed by atoms with van der Waals surface area (Å²) in [7, 11) is -4.18. The molecule has 19 heavy (non-hydrogen) atoms. The van der Waals surface area contributed by atoms with Gasteiger partial charge < -0.3 is 9.84 Å². The number of rotatable bonds is 4. The summed E-state index contributed by atoms with van der Waals surface area (Å²) in [5.41, 5.74) is 0.922. The minimum Gasteiger partial charge on any atom is -0.464 e. The van der Waals surface area contributed by atoms with Crippen LogP contribution >= 0.6 is 0 Å². The molecule has 1 atom stereocenters. The third-order valence-electron chi connectivity index (χ3n) is 2.59. The molecule has 0 radical (unpaired) electrons. The van der Waals surface area contributed by atoms with Crippen LogP contribution in [0.2, 0.25) is 0 Å². The Hall–Kier alpha value is -1.64. The molecule has 104 valence electrons. The van der Waals surface area contributed by atoms with Gasteiger partial charge in [0, 0.05) is 0 Å². The molecule has 0 unspecified atom stereocenters. The van der Waals surface area contributed by atoms with Gasteiger partial charge in [-0.25, -0.2) is 4.79 Å². The van der Waals surface area contributed by atoms with E-state index < -0.39 is 22.4 Å². The first kappa shape index (κ1) is 13.8. The maximum absolute atomic E-state index is 11.3. The molecule has 1 aromatic rings. The van der Waals surface area contributed by atoms with E-state index in [9.17, 15) is 13.2 Å². The fraction of sp³-hybridized carbons (Fsp3) is 0.364. The summed E-state index contributed by atoms with van der Waals surface area (Å²) in [5, 5.41) is 8.85. The molecule has 7 nitrogen and oxygen atoms in total. The van der Waals surface area contributed by atoms with E-state index >= 15 is 0 Å². The highest BCUT2D eigenvalue weighted by Gasteiger charge is 2.42. The maximum Gasteiger partial charge on any atom is 0.423 e. The zero-order chi connectivity index (χ0) is 13.9. The molecule has 2 rings (SSSR count). The van der Waals surface area contributed by atoms with E-state index in [2.05, 4.69) is 4.18 Å². The Morgan fingerprint density at radius 2 is 2.11 bits per heavy atom. The number of amides is 1. The largest absolute Gasteiger partial charge is 0.464 e. The molecule has 0 saturated carbocycles. The van der Waals surface area contributed by atoms with Crippen molar-refractivity contribution in [1.82, 2.24) is 4.31 Å². The van der Waals surface area contributed by atoms with Crippen LogP contribution in [0.3, 0.4) is 0 Å². The lowest BCUT2D eigenvalue weighted by molar-refractivity contribution is 0.0750. The molecule has 0 aromatic heterocycles. The number of benzene rings is 1. The van der Waals surface area contributed by atoms with Crippen LogP contribution in [-0.2, 0) is 25.8 Å². The Kier molecular flexibility index (Phi) is 4.03. The second kappa shape index (κ2) is 5.55. The second-order valence-corrected chi connectivity index (χ2v) is 5.46. The summed E-state index contributed by atoms with van der Waals surface area (Å²) in [5.74, 6) is 0. The SMILES string of the molecule is O=C(O)N1[C@@H](COCc2ccccc2)COS1(=O)=O. The minimum atomic E-state index is -4.18. The van der Waals surface area contributed by atoms with E-state index in [1.165, 1.54) is 0 Å². The number of hydrogen-bond acceptors (Lipinski definition) is 5. The molecule has 0 bridgehead atoms. The Morgan fingerprint density at radius 1 is 1.42 bits per heavy atom. The number of carboxylic acid groups (broad SMARTS) is 1. The van der Waals surface area contributed by atoms with E-state index in [0.717, 1.165) is 5.56 Å². The third-order valence-corrected chi connectivity index (χ3v) is 3.96. The van der Waals surface area contributed by atoms with Gasteiger partial charge in [-0.1, -0.05) is 30.3 Å². The molecule has 1 aromatic carbocycles. The predicted molar refractivity (Wildman–Crippen MR) is 64.6 cm³/mol. The summed E-state index contributed by atoms with van der Waals surface area (Å²) in [6.45, 7) is 0.0225. The molecular weight excluding hydrogens is 274 g/mol. The summed E-state index contributed by atoms with van der Waals surface area (Å²) in [6, 6.07) is 8.45. The highest BCUT2D eigenvalue weighted by atomic mass is 32.2. The van der Waals surface area contributed by atoms with Crippen molar-refractivity contribution in [3.8, 4) is 0 Å². The van der Waals surface area contributed by atoms with E-state index in [-0.39, 0.29) is 24.1 Å². The van der Waals surface area contributed by atoms with Crippen molar-refractivity contribution in [2.24, 2.45) is 0 Å². The highest BCUT2D eigenvalue weighted by Crippen LogP contribution is 2.19. The smallest absolute Gasteiger partial charge is 0.423 e. The monoisotopic (exact) mass is 287 g/mol. The summed E-state index contributed by atoms with van der Waals surface area (Å²) in [6.07, 6.45) is -1.56. The average Bonchev–Trinajstić information content (AvgIpc) is 2.66. The first-order chi connectivity index (χ1) is 9.00. The Labute approximate surface area is 110 Å². The van der Waals surface area contributed by atoms with Crippen LogP contribution in [0.5, 0.6) is 0 Å². The molecule has 0 spiro atoms. The zero-order valence-electron chi connectivity index (χ0n) is 9.93. The van der Waals surface area contributed by atoms with Gasteiger partial charge in [0.05, 0.1) is 19.8 Å². The van der Waals surface area contributed by atoms with Crippen molar-refractivity contribution in [2.75, 3.05) is 13.2 Å². The lowest BCUT2D eigenvalue weighted by Crippen LogP contribution is -2.40. The lowest BCUT2D eigenvalue weighted by atomic mass is 10.2. The minimum absolute atomic E-state index is 0.0412. The number of nitrogens with zero attached hydrogens (tertiary/aromatic N) is 1. The molecule has 1 aliphatic rings. The second-order valence-electron chi connectivity index (χ2n) is 3.98. The van der Waals surface area contributed by atoms with Crippen LogP contribution in [0.15, 0.2) is 30.3 Å². The quantitative estimate of drug-likeness (QED) is 0.881. The predicted octanol–water partition coefficient (Wildman–Crippen LogP) is 0.827. The summed E-state index contributed by atoms with van der Waals surface area (Å²) >= 11 is 0. The van der Waals surface area contributed by atoms with Crippen LogP contribution in [0, 0.1) is 0 Å². The van der Waals surface area contributed by atoms with Crippen molar-refractivity contribution < 1.29 is 27.2 Å². The van der Waals surface area contributed by atoms with Crippen LogP contribution in [0.1, 0.15) is 5.56 Å². The average molecular weight is 287 g/mol. The van der Waals surface area contributed by atoms with Crippen LogP contribution in [-0.4, -0.2) is 43.2 Å². The maximum atomic E-state index is 11.3. The van der Waals surface area contributed by atoms with Gasteiger partial charge in [-0.15, -0.1) is 0 Å². The molecule has 1 fully saturated rings. The van der Waals surface area contributed by atoms with Crippen molar-refractivity contribution in [2.45, 2.75) is 12.6 Å². The third kappa shape index (κ3) is 3.22. The number of carbonyl (C=O) groups is 1. The van der Waals surface area contributed by atoms with Crippen molar-refractivity contribution in [1.29, 1.82) is 0 Å². The van der Waals surface area contributed by atoms with Crippen LogP contribution in [0.4, 0.5) is 4.79 Å². The Balaban J connectivity index is 1.91. The van der Waals surface area contributed by atoms with E-state index in [1.807, 2.05) is 30.3 Å². The van der Waals surface area contributed by atoms with Gasteiger partial charge in [0.15, 0.2) is 0 Å². The Morgan fingerprint density at radius 3 is 2.74 bits per heavy atom. The van der Waals surface area contributed by atoms with Gasteiger partial charge in [-0.3, -0.25) is 4.18 Å². The summed E-state index contributed by atoms with van der Waals surface area (Å²) < 4.78 is 32.7. The van der Waals surface area contributed by atoms with Crippen molar-refractivity contribution in [3.63, 3.8) is 0 Å². The van der Waals surface area contributed by atoms with E-state index in [1.54, 1.807) is 0 Å². The van der Waals surface area contributed by atoms with Gasteiger partial charge in [0.25, 0.3) is 0 Å². The Bertz CT molecular complexity index is 544. The van der Waals surface area contributed by atoms with Gasteiger partial charge >= 0.3 is 16.4 Å². The van der Waals surface area contributed by atoms with Gasteiger partial charge in [-0.05, 0) is 5.56 Å². The molecule has 1 N–H and O–H groups in total. The van der Waals surface area contributed by atoms with Crippen LogP contribution in [0.25, 0.3) is 0 Å². The molecule has 1 amide bonds. The highest BCUT2D eigenvalue weighted by molar-refractivity contribution is 7.85. The topological polar surface area (TPSA) is 93.1 Å². The normalized spacial score (nSPS) is 21.5. The molecular formula is C11H13NO6S.